The number of aryl methyl sites for hydroxylation is 2. The number of anilines is 1. The predicted molar refractivity (Wildman–Crippen MR) is 141 cm³/mol. The van der Waals surface area contributed by atoms with Crippen molar-refractivity contribution in [2.24, 2.45) is 0 Å². The third kappa shape index (κ3) is 5.08. The summed E-state index contributed by atoms with van der Waals surface area (Å²) in [6.07, 6.45) is 5.35. The molecule has 0 amide bonds. The van der Waals surface area contributed by atoms with Crippen LogP contribution in [-0.4, -0.2) is 41.3 Å². The minimum absolute atomic E-state index is 0.313. The zero-order valence-corrected chi connectivity index (χ0v) is 21.9. The lowest BCUT2D eigenvalue weighted by Gasteiger charge is -2.25. The highest BCUT2D eigenvalue weighted by molar-refractivity contribution is 5.86. The van der Waals surface area contributed by atoms with Crippen LogP contribution in [0.2, 0.25) is 0 Å². The third-order valence-corrected chi connectivity index (χ3v) is 6.59. The van der Waals surface area contributed by atoms with E-state index in [0.717, 1.165) is 60.6 Å². The van der Waals surface area contributed by atoms with Crippen LogP contribution in [0.5, 0.6) is 0 Å². The lowest BCUT2D eigenvalue weighted by atomic mass is 10.0. The second kappa shape index (κ2) is 11.1. The first-order valence-corrected chi connectivity index (χ1v) is 12.7. The van der Waals surface area contributed by atoms with Crippen molar-refractivity contribution in [1.29, 1.82) is 0 Å². The summed E-state index contributed by atoms with van der Waals surface area (Å²) in [5, 5.41) is 0. The Kier molecular flexibility index (Phi) is 8.52. The molecule has 0 N–H and O–H groups in total. The van der Waals surface area contributed by atoms with Crippen molar-refractivity contribution in [2.75, 3.05) is 31.7 Å². The molecule has 0 aliphatic rings. The van der Waals surface area contributed by atoms with Crippen molar-refractivity contribution in [3.8, 4) is 11.3 Å². The maximum atomic E-state index is 5.52. The maximum absolute atomic E-state index is 5.52. The van der Waals surface area contributed by atoms with Gasteiger partial charge in [-0.2, -0.15) is 0 Å². The van der Waals surface area contributed by atoms with Crippen molar-refractivity contribution in [3.05, 3.63) is 41.2 Å². The average molecular weight is 451 g/mol. The molecule has 0 radical (unpaired) electrons. The number of nitrogens with zero attached hydrogens (tertiary/aromatic N) is 4. The van der Waals surface area contributed by atoms with Crippen LogP contribution >= 0.6 is 0 Å². The van der Waals surface area contributed by atoms with E-state index < -0.39 is 0 Å². The van der Waals surface area contributed by atoms with Gasteiger partial charge in [-0.05, 0) is 68.4 Å². The molecule has 0 aliphatic carbocycles. The van der Waals surface area contributed by atoms with Crippen molar-refractivity contribution in [2.45, 2.75) is 79.7 Å². The smallest absolute Gasteiger partial charge is 0.138 e. The van der Waals surface area contributed by atoms with Crippen LogP contribution in [0.4, 0.5) is 5.82 Å². The van der Waals surface area contributed by atoms with Crippen molar-refractivity contribution in [3.63, 3.8) is 0 Å². The summed E-state index contributed by atoms with van der Waals surface area (Å²) < 4.78 is 7.89. The van der Waals surface area contributed by atoms with Gasteiger partial charge in [0.05, 0.1) is 29.4 Å². The standard InChI is InChI=1S/C28H42N4O/c1-9-15-31(12-4)28-23(13-14-24(29-28)19(5)6)26-20(7)16-25-27(30-26)21(10-2)17-32(25)22(11-3)18-33-8/h13-14,16-17,19,22H,9-12,15,18H2,1-8H3. The van der Waals surface area contributed by atoms with Crippen molar-refractivity contribution in [1.82, 2.24) is 14.5 Å². The van der Waals surface area contributed by atoms with Gasteiger partial charge >= 0.3 is 0 Å². The van der Waals surface area contributed by atoms with E-state index in [1.165, 1.54) is 16.6 Å². The van der Waals surface area contributed by atoms with Crippen LogP contribution in [0.15, 0.2) is 24.4 Å². The Bertz CT molecular complexity index is 1070. The fraction of sp³-hybridized carbons (Fsp3) is 0.571. The minimum atomic E-state index is 0.313. The Morgan fingerprint density at radius 2 is 1.85 bits per heavy atom. The van der Waals surface area contributed by atoms with Gasteiger partial charge in [0, 0.05) is 37.7 Å². The highest BCUT2D eigenvalue weighted by atomic mass is 16.5. The zero-order valence-electron chi connectivity index (χ0n) is 21.9. The monoisotopic (exact) mass is 450 g/mol. The Balaban J connectivity index is 2.24. The Hall–Kier alpha value is -2.40. The number of rotatable bonds is 11. The molecule has 5 heteroatoms. The summed E-state index contributed by atoms with van der Waals surface area (Å²) in [6.45, 7) is 18.1. The second-order valence-corrected chi connectivity index (χ2v) is 9.30. The van der Waals surface area contributed by atoms with E-state index in [4.69, 9.17) is 14.7 Å². The molecule has 33 heavy (non-hydrogen) atoms. The number of hydrogen-bond donors (Lipinski definition) is 0. The first-order valence-electron chi connectivity index (χ1n) is 12.7. The molecule has 3 aromatic heterocycles. The molecule has 3 heterocycles. The molecule has 0 fully saturated rings. The van der Waals surface area contributed by atoms with E-state index in [2.05, 4.69) is 82.3 Å². The van der Waals surface area contributed by atoms with Gasteiger partial charge in [-0.1, -0.05) is 34.6 Å². The van der Waals surface area contributed by atoms with E-state index in [1.807, 2.05) is 0 Å². The molecule has 0 saturated carbocycles. The molecule has 0 aliphatic heterocycles. The molecular formula is C28H42N4O. The Morgan fingerprint density at radius 1 is 1.09 bits per heavy atom. The second-order valence-electron chi connectivity index (χ2n) is 9.30. The van der Waals surface area contributed by atoms with Gasteiger partial charge in [-0.3, -0.25) is 0 Å². The highest BCUT2D eigenvalue weighted by Crippen LogP contribution is 2.35. The van der Waals surface area contributed by atoms with E-state index in [1.54, 1.807) is 7.11 Å². The van der Waals surface area contributed by atoms with Gasteiger partial charge in [0.2, 0.25) is 0 Å². The lowest BCUT2D eigenvalue weighted by Crippen LogP contribution is -2.25. The summed E-state index contributed by atoms with van der Waals surface area (Å²) in [4.78, 5) is 12.8. The predicted octanol–water partition coefficient (Wildman–Crippen LogP) is 6.93. The molecule has 0 aromatic carbocycles. The molecule has 0 bridgehead atoms. The lowest BCUT2D eigenvalue weighted by molar-refractivity contribution is 0.155. The fourth-order valence-corrected chi connectivity index (χ4v) is 4.65. The Morgan fingerprint density at radius 3 is 2.42 bits per heavy atom. The molecule has 5 nitrogen and oxygen atoms in total. The number of hydrogen-bond acceptors (Lipinski definition) is 4. The fourth-order valence-electron chi connectivity index (χ4n) is 4.65. The summed E-state index contributed by atoms with van der Waals surface area (Å²) in [6, 6.07) is 7.03. The third-order valence-electron chi connectivity index (χ3n) is 6.59. The zero-order chi connectivity index (χ0) is 24.1. The molecule has 1 unspecified atom stereocenters. The van der Waals surface area contributed by atoms with Crippen LogP contribution in [0.25, 0.3) is 22.3 Å². The Labute approximate surface area is 200 Å². The van der Waals surface area contributed by atoms with Crippen LogP contribution in [0.1, 0.15) is 83.2 Å². The largest absolute Gasteiger partial charge is 0.383 e. The van der Waals surface area contributed by atoms with Gasteiger partial charge in [0.15, 0.2) is 0 Å². The average Bonchev–Trinajstić information content (AvgIpc) is 3.17. The molecule has 3 rings (SSSR count). The van der Waals surface area contributed by atoms with Gasteiger partial charge in [-0.15, -0.1) is 0 Å². The number of fused-ring (bicyclic) bond motifs is 1. The molecule has 0 saturated heterocycles. The van der Waals surface area contributed by atoms with Crippen molar-refractivity contribution < 1.29 is 4.74 Å². The number of methoxy groups -OCH3 is 1. The maximum Gasteiger partial charge on any atom is 0.138 e. The molecular weight excluding hydrogens is 408 g/mol. The van der Waals surface area contributed by atoms with Crippen molar-refractivity contribution >= 4 is 16.9 Å². The van der Waals surface area contributed by atoms with E-state index >= 15 is 0 Å². The summed E-state index contributed by atoms with van der Waals surface area (Å²) in [5.41, 5.74) is 8.08. The van der Waals surface area contributed by atoms with Gasteiger partial charge < -0.3 is 14.2 Å². The quantitative estimate of drug-likeness (QED) is 0.318. The number of aromatic nitrogens is 3. The minimum Gasteiger partial charge on any atom is -0.383 e. The molecule has 1 atom stereocenters. The first kappa shape index (κ1) is 25.2. The summed E-state index contributed by atoms with van der Waals surface area (Å²) in [7, 11) is 1.78. The number of pyridine rings is 2. The topological polar surface area (TPSA) is 43.2 Å². The van der Waals surface area contributed by atoms with E-state index in [-0.39, 0.29) is 0 Å². The summed E-state index contributed by atoms with van der Waals surface area (Å²) in [5.74, 6) is 1.45. The van der Waals surface area contributed by atoms with Crippen LogP contribution < -0.4 is 4.90 Å². The van der Waals surface area contributed by atoms with Gasteiger partial charge in [0.1, 0.15) is 5.82 Å². The van der Waals surface area contributed by atoms with Gasteiger partial charge in [0.25, 0.3) is 0 Å². The molecule has 3 aromatic rings. The SMILES string of the molecule is CCCN(CC)c1nc(C(C)C)ccc1-c1nc2c(CC)cn(C(CC)COC)c2cc1C. The van der Waals surface area contributed by atoms with Crippen LogP contribution in [-0.2, 0) is 11.2 Å². The van der Waals surface area contributed by atoms with Crippen LogP contribution in [0, 0.1) is 6.92 Å². The normalized spacial score (nSPS) is 12.6. The van der Waals surface area contributed by atoms with Crippen LogP contribution in [0.3, 0.4) is 0 Å². The van der Waals surface area contributed by atoms with Gasteiger partial charge in [-0.25, -0.2) is 9.97 Å². The molecule has 0 spiro atoms. The highest BCUT2D eigenvalue weighted by Gasteiger charge is 2.21. The first-order chi connectivity index (χ1) is 15.9. The molecule has 180 valence electrons. The van der Waals surface area contributed by atoms with E-state index in [0.29, 0.717) is 18.6 Å². The van der Waals surface area contributed by atoms with E-state index in [9.17, 15) is 0 Å². The summed E-state index contributed by atoms with van der Waals surface area (Å²) >= 11 is 0. The number of ether oxygens (including phenoxy) is 1.